The van der Waals surface area contributed by atoms with Crippen molar-refractivity contribution >= 4 is 35.2 Å². The Morgan fingerprint density at radius 3 is 2.57 bits per heavy atom. The van der Waals surface area contributed by atoms with Crippen LogP contribution < -0.4 is 10.6 Å². The topological polar surface area (TPSA) is 61.4 Å². The van der Waals surface area contributed by atoms with Crippen LogP contribution in [0.15, 0.2) is 24.3 Å². The number of carbonyl (C=O) groups is 2. The zero-order chi connectivity index (χ0) is 20.5. The van der Waals surface area contributed by atoms with Crippen molar-refractivity contribution in [2.45, 2.75) is 37.8 Å². The van der Waals surface area contributed by atoms with Crippen LogP contribution in [0.4, 0.5) is 8.78 Å². The molecule has 2 rings (SSSR count). The fourth-order valence-electron chi connectivity index (χ4n) is 3.14. The van der Waals surface area contributed by atoms with E-state index in [1.807, 2.05) is 6.26 Å². The molecule has 5 nitrogen and oxygen atoms in total. The van der Waals surface area contributed by atoms with Crippen molar-refractivity contribution in [3.8, 4) is 0 Å². The number of rotatable bonds is 9. The minimum atomic E-state index is -2.35. The number of nitrogens with one attached hydrogen (secondary N) is 2. The monoisotopic (exact) mass is 433 g/mol. The van der Waals surface area contributed by atoms with Crippen LogP contribution in [0.1, 0.15) is 29.6 Å². The molecule has 1 atom stereocenters. The highest BCUT2D eigenvalue weighted by Crippen LogP contribution is 2.16. The number of hydrogen-bond acceptors (Lipinski definition) is 4. The van der Waals surface area contributed by atoms with Gasteiger partial charge in [0.25, 0.3) is 12.3 Å². The second-order valence-corrected chi connectivity index (χ2v) is 8.15. The van der Waals surface area contributed by atoms with Crippen LogP contribution >= 0.6 is 23.4 Å². The number of carbonyl (C=O) groups excluding carboxylic acids is 2. The molecule has 1 saturated heterocycles. The Hall–Kier alpha value is -1.38. The number of halogens is 3. The van der Waals surface area contributed by atoms with Crippen LogP contribution in [0, 0.1) is 0 Å². The maximum atomic E-state index is 12.7. The first kappa shape index (κ1) is 22.9. The van der Waals surface area contributed by atoms with Gasteiger partial charge in [-0.1, -0.05) is 23.7 Å². The zero-order valence-electron chi connectivity index (χ0n) is 15.8. The van der Waals surface area contributed by atoms with E-state index in [1.54, 1.807) is 40.9 Å². The van der Waals surface area contributed by atoms with Crippen molar-refractivity contribution in [1.29, 1.82) is 0 Å². The number of likely N-dealkylation sites (tertiary alicyclic amines) is 1. The molecule has 0 aromatic heterocycles. The predicted octanol–water partition coefficient (Wildman–Crippen LogP) is 3.04. The molecule has 9 heteroatoms. The van der Waals surface area contributed by atoms with Crippen molar-refractivity contribution in [1.82, 2.24) is 15.5 Å². The van der Waals surface area contributed by atoms with Crippen LogP contribution in [0.25, 0.3) is 0 Å². The van der Waals surface area contributed by atoms with Gasteiger partial charge in [0.05, 0.1) is 17.1 Å². The van der Waals surface area contributed by atoms with E-state index in [0.717, 1.165) is 0 Å². The maximum Gasteiger partial charge on any atom is 0.253 e. The Bertz CT molecular complexity index is 658. The molecule has 1 aromatic carbocycles. The summed E-state index contributed by atoms with van der Waals surface area (Å²) in [7, 11) is 0. The molecule has 1 aliphatic heterocycles. The molecule has 2 amide bonds. The molecule has 2 N–H and O–H groups in total. The van der Waals surface area contributed by atoms with Crippen molar-refractivity contribution in [3.05, 3.63) is 34.9 Å². The van der Waals surface area contributed by atoms with Gasteiger partial charge < -0.3 is 10.6 Å². The molecule has 0 aliphatic carbocycles. The summed E-state index contributed by atoms with van der Waals surface area (Å²) in [5, 5.41) is 6.07. The molecule has 156 valence electrons. The van der Waals surface area contributed by atoms with E-state index in [4.69, 9.17) is 11.6 Å². The normalized spacial score (nSPS) is 16.8. The summed E-state index contributed by atoms with van der Waals surface area (Å²) in [6.45, 7) is 0.818. The van der Waals surface area contributed by atoms with Crippen LogP contribution in [0.2, 0.25) is 5.02 Å². The molecule has 1 fully saturated rings. The number of thioether (sulfide) groups is 1. The zero-order valence-corrected chi connectivity index (χ0v) is 17.4. The molecular weight excluding hydrogens is 408 g/mol. The van der Waals surface area contributed by atoms with Gasteiger partial charge in [-0.15, -0.1) is 0 Å². The van der Waals surface area contributed by atoms with Crippen molar-refractivity contribution in [2.75, 3.05) is 31.6 Å². The number of piperidine rings is 1. The molecule has 0 spiro atoms. The first-order valence-electron chi connectivity index (χ1n) is 9.26. The minimum Gasteiger partial charge on any atom is -0.351 e. The second kappa shape index (κ2) is 11.6. The van der Waals surface area contributed by atoms with Crippen LogP contribution in [0.3, 0.4) is 0 Å². The Kier molecular flexibility index (Phi) is 9.47. The molecule has 0 bridgehead atoms. The highest BCUT2D eigenvalue weighted by atomic mass is 35.5. The number of amides is 2. The van der Waals surface area contributed by atoms with E-state index in [0.29, 0.717) is 48.7 Å². The highest BCUT2D eigenvalue weighted by Gasteiger charge is 2.27. The molecule has 1 aromatic rings. The minimum absolute atomic E-state index is 0.0737. The van der Waals surface area contributed by atoms with Gasteiger partial charge in [-0.3, -0.25) is 14.5 Å². The van der Waals surface area contributed by atoms with E-state index in [9.17, 15) is 18.4 Å². The van der Waals surface area contributed by atoms with Gasteiger partial charge in [0.2, 0.25) is 5.91 Å². The van der Waals surface area contributed by atoms with Crippen molar-refractivity contribution < 1.29 is 18.4 Å². The lowest BCUT2D eigenvalue weighted by molar-refractivity contribution is -0.124. The average Bonchev–Trinajstić information content (AvgIpc) is 2.66. The summed E-state index contributed by atoms with van der Waals surface area (Å²) in [5.74, 6) is 0.0774. The average molecular weight is 434 g/mol. The summed E-state index contributed by atoms with van der Waals surface area (Å²) in [6.07, 6.45) is 1.32. The van der Waals surface area contributed by atoms with E-state index >= 15 is 0 Å². The summed E-state index contributed by atoms with van der Waals surface area (Å²) in [5.41, 5.74) is 0.325. The highest BCUT2D eigenvalue weighted by molar-refractivity contribution is 7.98. The number of benzene rings is 1. The van der Waals surface area contributed by atoms with Gasteiger partial charge in [0.15, 0.2) is 0 Å². The number of hydrogen-bond donors (Lipinski definition) is 2. The molecule has 0 saturated carbocycles. The van der Waals surface area contributed by atoms with E-state index in [-0.39, 0.29) is 18.5 Å². The Balaban J connectivity index is 1.92. The van der Waals surface area contributed by atoms with E-state index in [1.165, 1.54) is 0 Å². The maximum absolute atomic E-state index is 12.7. The van der Waals surface area contributed by atoms with Crippen LogP contribution in [-0.4, -0.2) is 66.9 Å². The lowest BCUT2D eigenvalue weighted by atomic mass is 10.0. The molecule has 1 heterocycles. The first-order valence-corrected chi connectivity index (χ1v) is 11.0. The predicted molar refractivity (Wildman–Crippen MR) is 109 cm³/mol. The number of alkyl halides is 2. The van der Waals surface area contributed by atoms with Gasteiger partial charge in [-0.05, 0) is 43.4 Å². The van der Waals surface area contributed by atoms with Crippen molar-refractivity contribution in [2.24, 2.45) is 0 Å². The molecule has 0 radical (unpaired) electrons. The van der Waals surface area contributed by atoms with E-state index < -0.39 is 18.4 Å². The smallest absolute Gasteiger partial charge is 0.253 e. The molecule has 1 unspecified atom stereocenters. The van der Waals surface area contributed by atoms with Gasteiger partial charge in [0, 0.05) is 19.1 Å². The standard InChI is InChI=1S/C19H26ClF2N3O2S/c1-28-11-8-16(24-18(26)14-4-2-3-5-15(14)20)19(27)23-13-6-9-25(10-7-13)12-17(21)22/h2-5,13,16-17H,6-12H2,1H3,(H,23,27)(H,24,26). The fourth-order valence-corrected chi connectivity index (χ4v) is 3.84. The van der Waals surface area contributed by atoms with Gasteiger partial charge in [0.1, 0.15) is 6.04 Å². The Morgan fingerprint density at radius 1 is 1.29 bits per heavy atom. The third kappa shape index (κ3) is 7.22. The quantitative estimate of drug-likeness (QED) is 0.628. The number of nitrogens with zero attached hydrogens (tertiary/aromatic N) is 1. The Morgan fingerprint density at radius 2 is 1.96 bits per heavy atom. The molecule has 1 aliphatic rings. The van der Waals surface area contributed by atoms with Gasteiger partial charge in [-0.2, -0.15) is 11.8 Å². The summed E-state index contributed by atoms with van der Waals surface area (Å²) in [4.78, 5) is 27.0. The SMILES string of the molecule is CSCCC(NC(=O)c1ccccc1Cl)C(=O)NC1CCN(CC(F)F)CC1. The third-order valence-corrected chi connectivity index (χ3v) is 5.65. The van der Waals surface area contributed by atoms with Crippen LogP contribution in [0.5, 0.6) is 0 Å². The summed E-state index contributed by atoms with van der Waals surface area (Å²) < 4.78 is 25.0. The van der Waals surface area contributed by atoms with Gasteiger partial charge >= 0.3 is 0 Å². The largest absolute Gasteiger partial charge is 0.351 e. The van der Waals surface area contributed by atoms with Gasteiger partial charge in [-0.25, -0.2) is 8.78 Å². The lowest BCUT2D eigenvalue weighted by Crippen LogP contribution is -2.52. The fraction of sp³-hybridized carbons (Fsp3) is 0.579. The second-order valence-electron chi connectivity index (χ2n) is 6.76. The first-order chi connectivity index (χ1) is 13.4. The molecule has 28 heavy (non-hydrogen) atoms. The summed E-state index contributed by atoms with van der Waals surface area (Å²) in [6, 6.07) is 5.94. The summed E-state index contributed by atoms with van der Waals surface area (Å²) >= 11 is 7.66. The lowest BCUT2D eigenvalue weighted by Gasteiger charge is -2.32. The molecular formula is C19H26ClF2N3O2S. The third-order valence-electron chi connectivity index (χ3n) is 4.68. The van der Waals surface area contributed by atoms with E-state index in [2.05, 4.69) is 10.6 Å². The Labute approximate surface area is 173 Å². The van der Waals surface area contributed by atoms with Crippen molar-refractivity contribution in [3.63, 3.8) is 0 Å². The van der Waals surface area contributed by atoms with Crippen LogP contribution in [-0.2, 0) is 4.79 Å².